The summed E-state index contributed by atoms with van der Waals surface area (Å²) in [6, 6.07) is 35.6. The highest BCUT2D eigenvalue weighted by atomic mass is 16.7. The molecule has 6 heteroatoms. The third kappa shape index (κ3) is 7.36. The van der Waals surface area contributed by atoms with Crippen LogP contribution in [0.5, 0.6) is 0 Å². The fraction of sp³-hybridized carbons (Fsp3) is 0.111. The van der Waals surface area contributed by atoms with Crippen LogP contribution in [0.25, 0.3) is 0 Å². The fourth-order valence-corrected chi connectivity index (χ4v) is 3.10. The molecular weight excluding hydrogens is 414 g/mol. The molecule has 0 saturated carbocycles. The summed E-state index contributed by atoms with van der Waals surface area (Å²) in [5, 5.41) is 0. The van der Waals surface area contributed by atoms with Crippen LogP contribution in [-0.4, -0.2) is 0 Å². The van der Waals surface area contributed by atoms with Crippen molar-refractivity contribution in [3.63, 3.8) is 0 Å². The maximum Gasteiger partial charge on any atom is 0.0996 e. The quantitative estimate of drug-likeness (QED) is 0.224. The maximum atomic E-state index is 5.73. The standard InChI is InChI=1S/C27H27N3O3/c1-4-10-22(11-5-1)19-31-28-25-16-17-26(29-32-20-23-12-6-2-7-13-23)27(18-25)30-33-21-24-14-8-3-9-15-24/h1-18,28-30H,19-21H2. The first-order valence-electron chi connectivity index (χ1n) is 10.8. The lowest BCUT2D eigenvalue weighted by atomic mass is 10.2. The summed E-state index contributed by atoms with van der Waals surface area (Å²) in [4.78, 5) is 17.1. The van der Waals surface area contributed by atoms with Gasteiger partial charge in [-0.3, -0.25) is 31.0 Å². The van der Waals surface area contributed by atoms with Crippen molar-refractivity contribution < 1.29 is 14.5 Å². The number of hydrogen-bond donors (Lipinski definition) is 3. The van der Waals surface area contributed by atoms with Crippen LogP contribution in [0.1, 0.15) is 16.7 Å². The summed E-state index contributed by atoms with van der Waals surface area (Å²) in [5.41, 5.74) is 14.5. The smallest absolute Gasteiger partial charge is 0.0996 e. The Morgan fingerprint density at radius 1 is 0.424 bits per heavy atom. The van der Waals surface area contributed by atoms with Crippen LogP contribution in [-0.2, 0) is 34.3 Å². The molecule has 0 aliphatic heterocycles. The molecule has 0 aromatic heterocycles. The molecule has 6 nitrogen and oxygen atoms in total. The predicted octanol–water partition coefficient (Wildman–Crippen LogP) is 6.32. The zero-order valence-corrected chi connectivity index (χ0v) is 18.2. The predicted molar refractivity (Wildman–Crippen MR) is 131 cm³/mol. The zero-order chi connectivity index (χ0) is 22.6. The van der Waals surface area contributed by atoms with Gasteiger partial charge in [0.1, 0.15) is 0 Å². The molecule has 0 atom stereocenters. The van der Waals surface area contributed by atoms with E-state index in [1.807, 2.05) is 109 Å². The van der Waals surface area contributed by atoms with Crippen molar-refractivity contribution >= 4 is 17.1 Å². The van der Waals surface area contributed by atoms with Crippen molar-refractivity contribution in [2.24, 2.45) is 0 Å². The molecule has 0 amide bonds. The molecule has 0 fully saturated rings. The summed E-state index contributed by atoms with van der Waals surface area (Å²) in [7, 11) is 0. The summed E-state index contributed by atoms with van der Waals surface area (Å²) in [6.07, 6.45) is 0. The van der Waals surface area contributed by atoms with Crippen LogP contribution in [0.15, 0.2) is 109 Å². The van der Waals surface area contributed by atoms with Gasteiger partial charge >= 0.3 is 0 Å². The Hall–Kier alpha value is -3.84. The van der Waals surface area contributed by atoms with E-state index in [0.29, 0.717) is 25.5 Å². The van der Waals surface area contributed by atoms with E-state index in [4.69, 9.17) is 14.5 Å². The first kappa shape index (κ1) is 22.4. The van der Waals surface area contributed by atoms with Gasteiger partial charge in [0.05, 0.1) is 36.9 Å². The van der Waals surface area contributed by atoms with E-state index in [1.165, 1.54) is 0 Å². The summed E-state index contributed by atoms with van der Waals surface area (Å²) in [6.45, 7) is 1.31. The minimum atomic E-state index is 0.424. The molecule has 3 N–H and O–H groups in total. The molecular formula is C27H27N3O3. The Kier molecular flexibility index (Phi) is 8.31. The lowest BCUT2D eigenvalue weighted by molar-refractivity contribution is 0.173. The SMILES string of the molecule is c1ccc(CONc2ccc(NOCc3ccccc3)c(NOCc3ccccc3)c2)cc1. The van der Waals surface area contributed by atoms with Gasteiger partial charge in [0.2, 0.25) is 0 Å². The zero-order valence-electron chi connectivity index (χ0n) is 18.2. The summed E-state index contributed by atoms with van der Waals surface area (Å²) >= 11 is 0. The van der Waals surface area contributed by atoms with Gasteiger partial charge in [-0.05, 0) is 34.9 Å². The van der Waals surface area contributed by atoms with Crippen molar-refractivity contribution in [2.75, 3.05) is 16.4 Å². The summed E-state index contributed by atoms with van der Waals surface area (Å²) in [5.74, 6) is 0. The number of benzene rings is 4. The Balaban J connectivity index is 1.37. The van der Waals surface area contributed by atoms with E-state index < -0.39 is 0 Å². The second-order valence-corrected chi connectivity index (χ2v) is 7.39. The third-order valence-corrected chi connectivity index (χ3v) is 4.82. The van der Waals surface area contributed by atoms with Crippen LogP contribution in [0, 0.1) is 0 Å². The fourth-order valence-electron chi connectivity index (χ4n) is 3.10. The van der Waals surface area contributed by atoms with Gasteiger partial charge in [-0.2, -0.15) is 0 Å². The lowest BCUT2D eigenvalue weighted by Gasteiger charge is -2.16. The molecule has 4 aromatic rings. The second kappa shape index (κ2) is 12.3. The van der Waals surface area contributed by atoms with Gasteiger partial charge in [-0.25, -0.2) is 0 Å². The Labute approximate surface area is 194 Å². The Bertz CT molecular complexity index is 1090. The second-order valence-electron chi connectivity index (χ2n) is 7.39. The van der Waals surface area contributed by atoms with E-state index >= 15 is 0 Å². The molecule has 0 aliphatic carbocycles. The first-order chi connectivity index (χ1) is 16.4. The van der Waals surface area contributed by atoms with Gasteiger partial charge in [-0.15, -0.1) is 0 Å². The van der Waals surface area contributed by atoms with E-state index in [-0.39, 0.29) is 0 Å². The Morgan fingerprint density at radius 2 is 0.848 bits per heavy atom. The van der Waals surface area contributed by atoms with Crippen LogP contribution >= 0.6 is 0 Å². The van der Waals surface area contributed by atoms with Crippen LogP contribution < -0.4 is 16.4 Å². The highest BCUT2D eigenvalue weighted by Gasteiger charge is 2.06. The molecule has 0 spiro atoms. The highest BCUT2D eigenvalue weighted by Crippen LogP contribution is 2.27. The third-order valence-electron chi connectivity index (χ3n) is 4.82. The highest BCUT2D eigenvalue weighted by molar-refractivity contribution is 5.72. The van der Waals surface area contributed by atoms with E-state index in [9.17, 15) is 0 Å². The van der Waals surface area contributed by atoms with Gasteiger partial charge in [0.15, 0.2) is 0 Å². The molecule has 4 rings (SSSR count). The lowest BCUT2D eigenvalue weighted by Crippen LogP contribution is -2.08. The number of hydrogen-bond acceptors (Lipinski definition) is 6. The largest absolute Gasteiger partial charge is 0.271 e. The summed E-state index contributed by atoms with van der Waals surface area (Å²) < 4.78 is 0. The van der Waals surface area contributed by atoms with Crippen molar-refractivity contribution in [3.05, 3.63) is 126 Å². The van der Waals surface area contributed by atoms with Crippen LogP contribution in [0.4, 0.5) is 17.1 Å². The van der Waals surface area contributed by atoms with E-state index in [2.05, 4.69) is 16.4 Å². The Morgan fingerprint density at radius 3 is 1.33 bits per heavy atom. The molecule has 0 heterocycles. The van der Waals surface area contributed by atoms with Crippen molar-refractivity contribution in [1.82, 2.24) is 0 Å². The maximum absolute atomic E-state index is 5.73. The number of rotatable bonds is 12. The molecule has 0 saturated heterocycles. The minimum absolute atomic E-state index is 0.424. The molecule has 0 bridgehead atoms. The molecule has 0 radical (unpaired) electrons. The topological polar surface area (TPSA) is 63.8 Å². The van der Waals surface area contributed by atoms with Crippen LogP contribution in [0.3, 0.4) is 0 Å². The molecule has 4 aromatic carbocycles. The van der Waals surface area contributed by atoms with Gasteiger partial charge in [0.25, 0.3) is 0 Å². The number of anilines is 3. The van der Waals surface area contributed by atoms with Crippen molar-refractivity contribution in [3.8, 4) is 0 Å². The molecule has 0 unspecified atom stereocenters. The average Bonchev–Trinajstić information content (AvgIpc) is 2.87. The van der Waals surface area contributed by atoms with Gasteiger partial charge in [-0.1, -0.05) is 91.0 Å². The molecule has 33 heavy (non-hydrogen) atoms. The minimum Gasteiger partial charge on any atom is -0.271 e. The van der Waals surface area contributed by atoms with Gasteiger partial charge in [0, 0.05) is 0 Å². The first-order valence-corrected chi connectivity index (χ1v) is 10.8. The molecule has 168 valence electrons. The van der Waals surface area contributed by atoms with E-state index in [1.54, 1.807) is 0 Å². The van der Waals surface area contributed by atoms with Gasteiger partial charge < -0.3 is 0 Å². The van der Waals surface area contributed by atoms with E-state index in [0.717, 1.165) is 28.1 Å². The average molecular weight is 442 g/mol. The van der Waals surface area contributed by atoms with Crippen molar-refractivity contribution in [2.45, 2.75) is 19.8 Å². The normalized spacial score (nSPS) is 10.5. The van der Waals surface area contributed by atoms with Crippen LogP contribution in [0.2, 0.25) is 0 Å². The monoisotopic (exact) mass is 441 g/mol. The van der Waals surface area contributed by atoms with Crippen molar-refractivity contribution in [1.29, 1.82) is 0 Å². The number of nitrogens with one attached hydrogen (secondary N) is 3. The molecule has 0 aliphatic rings.